The lowest BCUT2D eigenvalue weighted by Crippen LogP contribution is -2.28. The van der Waals surface area contributed by atoms with E-state index in [1.165, 1.54) is 12.1 Å². The van der Waals surface area contributed by atoms with E-state index in [9.17, 15) is 13.2 Å². The second-order valence-corrected chi connectivity index (χ2v) is 7.97. The molecule has 1 N–H and O–H groups in total. The van der Waals surface area contributed by atoms with Crippen LogP contribution in [0, 0.1) is 12.8 Å². The van der Waals surface area contributed by atoms with Crippen LogP contribution in [0.25, 0.3) is 0 Å². The Balaban J connectivity index is 2.27. The van der Waals surface area contributed by atoms with E-state index < -0.39 is 9.05 Å². The van der Waals surface area contributed by atoms with E-state index in [0.29, 0.717) is 24.3 Å². The summed E-state index contributed by atoms with van der Waals surface area (Å²) >= 11 is 6.06. The third kappa shape index (κ3) is 3.69. The summed E-state index contributed by atoms with van der Waals surface area (Å²) in [6, 6.07) is 2.60. The van der Waals surface area contributed by atoms with E-state index in [0.717, 1.165) is 0 Å². The van der Waals surface area contributed by atoms with E-state index in [-0.39, 0.29) is 27.8 Å². The first-order chi connectivity index (χ1) is 9.70. The van der Waals surface area contributed by atoms with Crippen LogP contribution in [0.4, 0.5) is 5.69 Å². The van der Waals surface area contributed by atoms with Crippen molar-refractivity contribution in [2.24, 2.45) is 5.92 Å². The Morgan fingerprint density at radius 1 is 1.43 bits per heavy atom. The Bertz CT molecular complexity index is 652. The maximum atomic E-state index is 12.2. The van der Waals surface area contributed by atoms with Gasteiger partial charge in [0, 0.05) is 17.3 Å². The average molecular weight is 352 g/mol. The molecule has 2 atom stereocenters. The maximum absolute atomic E-state index is 12.2. The second-order valence-electron chi connectivity index (χ2n) is 5.00. The fourth-order valence-electron chi connectivity index (χ4n) is 2.30. The molecule has 21 heavy (non-hydrogen) atoms. The normalized spacial score (nSPS) is 22.3. The molecule has 5 nitrogen and oxygen atoms in total. The number of nitrogens with one attached hydrogen (secondary N) is 1. The van der Waals surface area contributed by atoms with Crippen LogP contribution in [-0.2, 0) is 18.6 Å². The number of carbonyl (C=O) groups is 1. The Morgan fingerprint density at radius 2 is 2.10 bits per heavy atom. The third-order valence-corrected chi connectivity index (χ3v) is 5.14. The van der Waals surface area contributed by atoms with Gasteiger partial charge in [-0.3, -0.25) is 4.79 Å². The molecule has 0 saturated carbocycles. The third-order valence-electron chi connectivity index (χ3n) is 3.50. The largest absolute Gasteiger partial charge is 0.378 e. The van der Waals surface area contributed by atoms with Gasteiger partial charge in [0.2, 0.25) is 5.91 Å². The van der Waals surface area contributed by atoms with Crippen LogP contribution >= 0.6 is 22.3 Å². The van der Waals surface area contributed by atoms with Crippen LogP contribution in [0.5, 0.6) is 0 Å². The molecule has 1 aliphatic heterocycles. The molecule has 1 heterocycles. The van der Waals surface area contributed by atoms with E-state index in [1.54, 1.807) is 6.92 Å². The molecule has 1 aliphatic rings. The quantitative estimate of drug-likeness (QED) is 0.849. The Kier molecular flexibility index (Phi) is 4.82. The highest BCUT2D eigenvalue weighted by atomic mass is 35.7. The lowest BCUT2D eigenvalue weighted by molar-refractivity contribution is -0.121. The minimum Gasteiger partial charge on any atom is -0.378 e. The monoisotopic (exact) mass is 351 g/mol. The van der Waals surface area contributed by atoms with Gasteiger partial charge in [-0.1, -0.05) is 11.6 Å². The van der Waals surface area contributed by atoms with Crippen molar-refractivity contribution in [3.05, 3.63) is 22.7 Å². The number of amides is 1. The number of benzene rings is 1. The van der Waals surface area contributed by atoms with Crippen LogP contribution < -0.4 is 5.32 Å². The predicted octanol–water partition coefficient (Wildman–Crippen LogP) is 2.94. The molecule has 0 spiro atoms. The van der Waals surface area contributed by atoms with E-state index in [2.05, 4.69) is 5.32 Å². The van der Waals surface area contributed by atoms with Crippen molar-refractivity contribution in [1.82, 2.24) is 0 Å². The first-order valence-electron chi connectivity index (χ1n) is 6.37. The zero-order valence-electron chi connectivity index (χ0n) is 11.5. The van der Waals surface area contributed by atoms with Gasteiger partial charge >= 0.3 is 0 Å². The predicted molar refractivity (Wildman–Crippen MR) is 81.4 cm³/mol. The van der Waals surface area contributed by atoms with Gasteiger partial charge in [0.15, 0.2) is 0 Å². The van der Waals surface area contributed by atoms with Gasteiger partial charge in [-0.2, -0.15) is 0 Å². The number of rotatable bonds is 3. The maximum Gasteiger partial charge on any atom is 0.261 e. The number of anilines is 1. The van der Waals surface area contributed by atoms with Gasteiger partial charge in [-0.05, 0) is 38.0 Å². The molecule has 2 rings (SSSR count). The molecule has 1 saturated heterocycles. The first-order valence-corrected chi connectivity index (χ1v) is 9.06. The van der Waals surface area contributed by atoms with Crippen LogP contribution in [0.2, 0.25) is 5.02 Å². The minimum absolute atomic E-state index is 0.0952. The summed E-state index contributed by atoms with van der Waals surface area (Å²) in [6.07, 6.45) is 0.504. The van der Waals surface area contributed by atoms with Crippen LogP contribution in [-0.4, -0.2) is 27.0 Å². The minimum atomic E-state index is -3.86. The fraction of sp³-hybridized carbons (Fsp3) is 0.462. The highest BCUT2D eigenvalue weighted by Gasteiger charge is 2.31. The number of aryl methyl sites for hydroxylation is 1. The molecule has 0 aliphatic carbocycles. The summed E-state index contributed by atoms with van der Waals surface area (Å²) in [5.41, 5.74) is 0.923. The van der Waals surface area contributed by atoms with Crippen molar-refractivity contribution >= 4 is 42.9 Å². The number of carbonyl (C=O) groups excluding carboxylic acids is 1. The Hall–Kier alpha value is -0.820. The summed E-state index contributed by atoms with van der Waals surface area (Å²) in [6.45, 7) is 4.05. The van der Waals surface area contributed by atoms with Crippen LogP contribution in [0.1, 0.15) is 18.9 Å². The van der Waals surface area contributed by atoms with Crippen molar-refractivity contribution in [3.8, 4) is 0 Å². The average Bonchev–Trinajstić information content (AvgIpc) is 2.78. The van der Waals surface area contributed by atoms with Crippen molar-refractivity contribution in [2.75, 3.05) is 11.9 Å². The molecule has 2 unspecified atom stereocenters. The first kappa shape index (κ1) is 16.5. The summed E-state index contributed by atoms with van der Waals surface area (Å²) in [5, 5.41) is 2.87. The SMILES string of the molecule is Cc1cc(S(=O)(=O)Cl)cc(Cl)c1NC(=O)C1CCOC1C. The fourth-order valence-corrected chi connectivity index (χ4v) is 3.53. The molecule has 1 aromatic rings. The topological polar surface area (TPSA) is 72.5 Å². The number of ether oxygens (including phenoxy) is 1. The Morgan fingerprint density at radius 3 is 2.57 bits per heavy atom. The highest BCUT2D eigenvalue weighted by molar-refractivity contribution is 8.13. The van der Waals surface area contributed by atoms with Gasteiger partial charge < -0.3 is 10.1 Å². The van der Waals surface area contributed by atoms with Crippen molar-refractivity contribution < 1.29 is 17.9 Å². The lowest BCUT2D eigenvalue weighted by atomic mass is 10.0. The smallest absolute Gasteiger partial charge is 0.261 e. The number of hydrogen-bond donors (Lipinski definition) is 1. The standard InChI is InChI=1S/C13H15Cl2NO4S/c1-7-5-9(21(15,18)19)6-11(14)12(7)16-13(17)10-3-4-20-8(10)2/h5-6,8,10H,3-4H2,1-2H3,(H,16,17). The molecular formula is C13H15Cl2NO4S. The van der Waals surface area contributed by atoms with Gasteiger partial charge in [0.1, 0.15) is 0 Å². The van der Waals surface area contributed by atoms with E-state index >= 15 is 0 Å². The second kappa shape index (κ2) is 6.12. The van der Waals surface area contributed by atoms with Crippen molar-refractivity contribution in [3.63, 3.8) is 0 Å². The molecule has 1 aromatic carbocycles. The molecule has 0 radical (unpaired) electrons. The molecule has 0 bridgehead atoms. The van der Waals surface area contributed by atoms with Crippen LogP contribution in [0.15, 0.2) is 17.0 Å². The number of halogens is 2. The zero-order valence-corrected chi connectivity index (χ0v) is 13.8. The summed E-state index contributed by atoms with van der Waals surface area (Å²) in [5.74, 6) is -0.427. The molecule has 0 aromatic heterocycles. The van der Waals surface area contributed by atoms with Crippen molar-refractivity contribution in [2.45, 2.75) is 31.3 Å². The van der Waals surface area contributed by atoms with Gasteiger partial charge in [0.25, 0.3) is 9.05 Å². The highest BCUT2D eigenvalue weighted by Crippen LogP contribution is 2.32. The van der Waals surface area contributed by atoms with E-state index in [1.807, 2.05) is 6.92 Å². The summed E-state index contributed by atoms with van der Waals surface area (Å²) in [7, 11) is 1.43. The van der Waals surface area contributed by atoms with E-state index in [4.69, 9.17) is 27.0 Å². The van der Waals surface area contributed by atoms with Crippen LogP contribution in [0.3, 0.4) is 0 Å². The molecule has 8 heteroatoms. The van der Waals surface area contributed by atoms with Gasteiger partial charge in [0.05, 0.1) is 27.6 Å². The van der Waals surface area contributed by atoms with Crippen molar-refractivity contribution in [1.29, 1.82) is 0 Å². The summed E-state index contributed by atoms with van der Waals surface area (Å²) in [4.78, 5) is 12.1. The molecule has 1 fully saturated rings. The number of hydrogen-bond acceptors (Lipinski definition) is 4. The molecular weight excluding hydrogens is 337 g/mol. The zero-order chi connectivity index (χ0) is 15.8. The van der Waals surface area contributed by atoms with Gasteiger partial charge in [-0.15, -0.1) is 0 Å². The molecule has 1 amide bonds. The Labute approximate surface area is 133 Å². The lowest BCUT2D eigenvalue weighted by Gasteiger charge is -2.16. The molecule has 116 valence electrons. The van der Waals surface area contributed by atoms with Gasteiger partial charge in [-0.25, -0.2) is 8.42 Å². The summed E-state index contributed by atoms with van der Waals surface area (Å²) < 4.78 is 28.0.